The summed E-state index contributed by atoms with van der Waals surface area (Å²) in [5.41, 5.74) is 0. The van der Waals surface area contributed by atoms with Gasteiger partial charge >= 0.3 is 8.60 Å². The second-order valence-electron chi connectivity index (χ2n) is 2.91. The van der Waals surface area contributed by atoms with Gasteiger partial charge in [0.2, 0.25) is 0 Å². The van der Waals surface area contributed by atoms with Crippen LogP contribution in [0.2, 0.25) is 0 Å². The van der Waals surface area contributed by atoms with E-state index in [1.54, 1.807) is 0 Å². The van der Waals surface area contributed by atoms with E-state index in [0.717, 1.165) is 18.8 Å². The molecule has 2 N–H and O–H groups in total. The van der Waals surface area contributed by atoms with Gasteiger partial charge < -0.3 is 14.3 Å². The van der Waals surface area contributed by atoms with E-state index in [1.165, 1.54) is 12.8 Å². The Morgan fingerprint density at radius 2 is 1.83 bits per heavy atom. The van der Waals surface area contributed by atoms with E-state index in [-0.39, 0.29) is 0 Å². The molecule has 0 fully saturated rings. The maximum atomic E-state index is 8.43. The van der Waals surface area contributed by atoms with Crippen LogP contribution in [0, 0.1) is 5.92 Å². The summed E-state index contributed by atoms with van der Waals surface area (Å²) < 4.78 is 4.66. The Hall–Kier alpha value is 0.310. The fraction of sp³-hybridized carbons (Fsp3) is 1.00. The molecular formula is C8H19O3P. The molecule has 0 unspecified atom stereocenters. The molecule has 0 aliphatic heterocycles. The van der Waals surface area contributed by atoms with Gasteiger partial charge in [0.25, 0.3) is 0 Å². The van der Waals surface area contributed by atoms with Gasteiger partial charge in [-0.1, -0.05) is 26.7 Å². The van der Waals surface area contributed by atoms with Gasteiger partial charge in [0.15, 0.2) is 0 Å². The van der Waals surface area contributed by atoms with Crippen molar-refractivity contribution < 1.29 is 14.3 Å². The lowest BCUT2D eigenvalue weighted by molar-refractivity contribution is 0.241. The van der Waals surface area contributed by atoms with Crippen molar-refractivity contribution in [2.45, 2.75) is 39.5 Å². The first-order chi connectivity index (χ1) is 5.70. The highest BCUT2D eigenvalue weighted by Gasteiger charge is 2.04. The fourth-order valence-electron chi connectivity index (χ4n) is 1.22. The molecular weight excluding hydrogens is 175 g/mol. The Morgan fingerprint density at radius 1 is 1.25 bits per heavy atom. The van der Waals surface area contributed by atoms with Crippen molar-refractivity contribution in [1.82, 2.24) is 0 Å². The van der Waals surface area contributed by atoms with Crippen LogP contribution in [-0.4, -0.2) is 16.4 Å². The first-order valence-corrected chi connectivity index (χ1v) is 5.68. The van der Waals surface area contributed by atoms with Gasteiger partial charge in [-0.25, -0.2) is 0 Å². The van der Waals surface area contributed by atoms with E-state index in [1.807, 2.05) is 0 Å². The third-order valence-electron chi connectivity index (χ3n) is 2.12. The van der Waals surface area contributed by atoms with E-state index >= 15 is 0 Å². The largest absolute Gasteiger partial charge is 0.328 e. The Bertz CT molecular complexity index is 94.3. The van der Waals surface area contributed by atoms with Gasteiger partial charge in [0.1, 0.15) is 0 Å². The van der Waals surface area contributed by atoms with Crippen LogP contribution in [-0.2, 0) is 4.52 Å². The number of hydrogen-bond acceptors (Lipinski definition) is 3. The Kier molecular flexibility index (Phi) is 8.14. The Morgan fingerprint density at radius 3 is 2.25 bits per heavy atom. The average molecular weight is 194 g/mol. The van der Waals surface area contributed by atoms with Crippen LogP contribution < -0.4 is 0 Å². The summed E-state index contributed by atoms with van der Waals surface area (Å²) in [6, 6.07) is 0. The van der Waals surface area contributed by atoms with Gasteiger partial charge in [-0.05, 0) is 18.8 Å². The molecule has 12 heavy (non-hydrogen) atoms. The summed E-state index contributed by atoms with van der Waals surface area (Å²) in [6.07, 6.45) is 4.44. The highest BCUT2D eigenvalue weighted by Crippen LogP contribution is 2.25. The standard InChI is InChI=1S/C8H19O3P/c1-3-8(4-2)6-5-7-11-12(9)10/h8-10H,3-7H2,1-2H3. The summed E-state index contributed by atoms with van der Waals surface area (Å²) in [4.78, 5) is 16.9. The summed E-state index contributed by atoms with van der Waals surface area (Å²) in [6.45, 7) is 4.83. The van der Waals surface area contributed by atoms with Crippen molar-refractivity contribution in [3.8, 4) is 0 Å². The molecule has 0 aliphatic carbocycles. The minimum atomic E-state index is -2.14. The maximum Gasteiger partial charge on any atom is 0.327 e. The second-order valence-corrected chi connectivity index (χ2v) is 3.67. The molecule has 0 saturated heterocycles. The smallest absolute Gasteiger partial charge is 0.327 e. The summed E-state index contributed by atoms with van der Waals surface area (Å²) in [5.74, 6) is 0.761. The van der Waals surface area contributed by atoms with Crippen LogP contribution in [0.1, 0.15) is 39.5 Å². The SMILES string of the molecule is CCC(CC)CCCOP(O)O. The quantitative estimate of drug-likeness (QED) is 0.483. The third-order valence-corrected chi connectivity index (χ3v) is 2.53. The molecule has 0 heterocycles. The van der Waals surface area contributed by atoms with Crippen molar-refractivity contribution in [3.05, 3.63) is 0 Å². The second kappa shape index (κ2) is 7.93. The fourth-order valence-corrected chi connectivity index (χ4v) is 1.51. The topological polar surface area (TPSA) is 49.7 Å². The van der Waals surface area contributed by atoms with Crippen LogP contribution in [0.4, 0.5) is 0 Å². The Labute approximate surface area is 75.8 Å². The molecule has 0 aromatic rings. The van der Waals surface area contributed by atoms with E-state index in [2.05, 4.69) is 18.4 Å². The first kappa shape index (κ1) is 12.3. The maximum absolute atomic E-state index is 8.43. The molecule has 3 nitrogen and oxygen atoms in total. The normalized spacial score (nSPS) is 11.5. The molecule has 0 amide bonds. The van der Waals surface area contributed by atoms with Crippen molar-refractivity contribution in [1.29, 1.82) is 0 Å². The first-order valence-electron chi connectivity index (χ1n) is 4.51. The van der Waals surface area contributed by atoms with Crippen LogP contribution in [0.15, 0.2) is 0 Å². The molecule has 0 spiro atoms. The summed E-state index contributed by atoms with van der Waals surface area (Å²) in [7, 11) is -2.14. The number of hydrogen-bond donors (Lipinski definition) is 2. The minimum absolute atomic E-state index is 0.467. The highest BCUT2D eigenvalue weighted by molar-refractivity contribution is 7.39. The van der Waals surface area contributed by atoms with Crippen LogP contribution in [0.25, 0.3) is 0 Å². The van der Waals surface area contributed by atoms with Gasteiger partial charge in [0.05, 0.1) is 6.61 Å². The lowest BCUT2D eigenvalue weighted by atomic mass is 9.98. The highest BCUT2D eigenvalue weighted by atomic mass is 31.2. The minimum Gasteiger partial charge on any atom is -0.328 e. The van der Waals surface area contributed by atoms with E-state index < -0.39 is 8.60 Å². The van der Waals surface area contributed by atoms with Gasteiger partial charge in [0, 0.05) is 0 Å². The van der Waals surface area contributed by atoms with Crippen molar-refractivity contribution >= 4 is 8.60 Å². The van der Waals surface area contributed by atoms with Crippen molar-refractivity contribution in [3.63, 3.8) is 0 Å². The Balaban J connectivity index is 3.17. The zero-order chi connectivity index (χ0) is 9.40. The average Bonchev–Trinajstić information content (AvgIpc) is 2.04. The molecule has 0 rings (SSSR count). The number of rotatable bonds is 7. The predicted molar refractivity (Wildman–Crippen MR) is 50.6 cm³/mol. The molecule has 0 aromatic carbocycles. The lowest BCUT2D eigenvalue weighted by Crippen LogP contribution is -1.99. The molecule has 0 aliphatic rings. The molecule has 0 radical (unpaired) electrons. The van der Waals surface area contributed by atoms with Crippen LogP contribution in [0.5, 0.6) is 0 Å². The van der Waals surface area contributed by atoms with Crippen molar-refractivity contribution in [2.24, 2.45) is 5.92 Å². The van der Waals surface area contributed by atoms with E-state index in [9.17, 15) is 0 Å². The lowest BCUT2D eigenvalue weighted by Gasteiger charge is -2.11. The van der Waals surface area contributed by atoms with Crippen LogP contribution in [0.3, 0.4) is 0 Å². The molecule has 4 heteroatoms. The van der Waals surface area contributed by atoms with Crippen LogP contribution >= 0.6 is 8.60 Å². The molecule has 0 saturated carbocycles. The monoisotopic (exact) mass is 194 g/mol. The van der Waals surface area contributed by atoms with E-state index in [0.29, 0.717) is 6.61 Å². The molecule has 0 atom stereocenters. The zero-order valence-electron chi connectivity index (χ0n) is 7.86. The summed E-state index contributed by atoms with van der Waals surface area (Å²) in [5, 5.41) is 0. The zero-order valence-corrected chi connectivity index (χ0v) is 8.76. The molecule has 0 aromatic heterocycles. The van der Waals surface area contributed by atoms with Gasteiger partial charge in [-0.15, -0.1) is 0 Å². The van der Waals surface area contributed by atoms with Gasteiger partial charge in [-0.3, -0.25) is 0 Å². The summed E-state index contributed by atoms with van der Waals surface area (Å²) >= 11 is 0. The third kappa shape index (κ3) is 6.99. The predicted octanol–water partition coefficient (Wildman–Crippen LogP) is 2.43. The van der Waals surface area contributed by atoms with E-state index in [4.69, 9.17) is 9.79 Å². The molecule has 74 valence electrons. The van der Waals surface area contributed by atoms with Gasteiger partial charge in [-0.2, -0.15) is 0 Å². The molecule has 0 bridgehead atoms. The van der Waals surface area contributed by atoms with Crippen molar-refractivity contribution in [2.75, 3.05) is 6.61 Å².